The number of nitrogens with one attached hydrogen (secondary N) is 1. The van der Waals surface area contributed by atoms with Crippen LogP contribution in [-0.4, -0.2) is 53.7 Å². The van der Waals surface area contributed by atoms with Gasteiger partial charge in [0.15, 0.2) is 17.2 Å². The van der Waals surface area contributed by atoms with E-state index in [1.54, 1.807) is 11.0 Å². The van der Waals surface area contributed by atoms with Crippen LogP contribution >= 0.6 is 0 Å². The van der Waals surface area contributed by atoms with Gasteiger partial charge in [0.1, 0.15) is 17.3 Å². The molecule has 3 heterocycles. The zero-order chi connectivity index (χ0) is 23.0. The van der Waals surface area contributed by atoms with Gasteiger partial charge in [-0.2, -0.15) is 0 Å². The summed E-state index contributed by atoms with van der Waals surface area (Å²) in [5.74, 6) is -3.76. The summed E-state index contributed by atoms with van der Waals surface area (Å²) in [6, 6.07) is 4.60. The molecule has 11 heteroatoms. The number of nitrogens with two attached hydrogens (primary N) is 1. The Hall–Kier alpha value is -3.73. The number of primary amides is 1. The molecule has 3 aromatic rings. The second kappa shape index (κ2) is 8.42. The molecule has 1 saturated heterocycles. The molecule has 32 heavy (non-hydrogen) atoms. The fourth-order valence-corrected chi connectivity index (χ4v) is 3.62. The third kappa shape index (κ3) is 4.19. The molecule has 4 rings (SSSR count). The van der Waals surface area contributed by atoms with E-state index in [9.17, 15) is 23.2 Å². The fourth-order valence-electron chi connectivity index (χ4n) is 3.62. The van der Waals surface area contributed by atoms with E-state index in [0.717, 1.165) is 6.07 Å². The van der Waals surface area contributed by atoms with Gasteiger partial charge in [0.05, 0.1) is 11.9 Å². The van der Waals surface area contributed by atoms with Crippen LogP contribution in [0.4, 0.5) is 14.5 Å². The number of hydrogen-bond donors (Lipinski definition) is 2. The molecule has 3 N–H and O–H groups in total. The van der Waals surface area contributed by atoms with Crippen molar-refractivity contribution in [2.24, 2.45) is 5.73 Å². The average molecular weight is 446 g/mol. The van der Waals surface area contributed by atoms with Gasteiger partial charge in [0, 0.05) is 39.2 Å². The summed E-state index contributed by atoms with van der Waals surface area (Å²) in [4.78, 5) is 39.7. The van der Waals surface area contributed by atoms with E-state index in [1.807, 2.05) is 0 Å². The molecule has 0 aliphatic carbocycles. The Kier molecular flexibility index (Phi) is 5.66. The maximum Gasteiger partial charge on any atom is 0.291 e. The van der Waals surface area contributed by atoms with E-state index in [-0.39, 0.29) is 22.7 Å². The Morgan fingerprint density at radius 3 is 2.47 bits per heavy atom. The molecule has 0 saturated carbocycles. The minimum atomic E-state index is -1.05. The summed E-state index contributed by atoms with van der Waals surface area (Å²) >= 11 is 0. The number of amides is 3. The molecule has 0 spiro atoms. The predicted octanol–water partition coefficient (Wildman–Crippen LogP) is 2.32. The number of anilines is 1. The quantitative estimate of drug-likeness (QED) is 0.620. The highest BCUT2D eigenvalue weighted by molar-refractivity contribution is 6.13. The van der Waals surface area contributed by atoms with Crippen molar-refractivity contribution in [3.05, 3.63) is 53.2 Å². The van der Waals surface area contributed by atoms with Gasteiger partial charge in [0.2, 0.25) is 11.7 Å². The molecule has 1 aliphatic heterocycles. The fraction of sp³-hybridized carbons (Fsp3) is 0.286. The Bertz CT molecular complexity index is 1210. The van der Waals surface area contributed by atoms with Crippen molar-refractivity contribution >= 4 is 34.4 Å². The summed E-state index contributed by atoms with van der Waals surface area (Å²) in [6.45, 7) is 4.53. The van der Waals surface area contributed by atoms with Crippen LogP contribution < -0.4 is 11.1 Å². The van der Waals surface area contributed by atoms with Gasteiger partial charge in [-0.25, -0.2) is 8.78 Å². The van der Waals surface area contributed by atoms with Crippen molar-refractivity contribution in [1.29, 1.82) is 0 Å². The van der Waals surface area contributed by atoms with Crippen LogP contribution in [0, 0.1) is 11.6 Å². The van der Waals surface area contributed by atoms with Crippen molar-refractivity contribution in [1.82, 2.24) is 9.80 Å². The molecule has 0 radical (unpaired) electrons. The minimum absolute atomic E-state index is 0.0310. The Balaban J connectivity index is 1.50. The zero-order valence-corrected chi connectivity index (χ0v) is 17.1. The second-order valence-electron chi connectivity index (χ2n) is 7.44. The maximum absolute atomic E-state index is 14.0. The molecule has 9 nitrogen and oxygen atoms in total. The van der Waals surface area contributed by atoms with Crippen LogP contribution in [0.15, 0.2) is 33.1 Å². The molecule has 168 valence electrons. The lowest BCUT2D eigenvalue weighted by Crippen LogP contribution is -2.47. The van der Waals surface area contributed by atoms with Crippen molar-refractivity contribution in [3.63, 3.8) is 0 Å². The van der Waals surface area contributed by atoms with Gasteiger partial charge < -0.3 is 24.8 Å². The molecule has 1 aliphatic rings. The zero-order valence-electron chi connectivity index (χ0n) is 17.1. The van der Waals surface area contributed by atoms with E-state index in [2.05, 4.69) is 10.2 Å². The van der Waals surface area contributed by atoms with Crippen molar-refractivity contribution < 1.29 is 32.0 Å². The highest BCUT2D eigenvalue weighted by atomic mass is 19.1. The summed E-state index contributed by atoms with van der Waals surface area (Å²) in [5.41, 5.74) is 4.62. The number of hydrogen-bond acceptors (Lipinski definition) is 6. The van der Waals surface area contributed by atoms with Crippen LogP contribution in [0.1, 0.15) is 33.8 Å². The normalized spacial score (nSPS) is 14.7. The number of carbonyl (C=O) groups excluding carboxylic acids is 3. The van der Waals surface area contributed by atoms with Crippen LogP contribution in [0.2, 0.25) is 0 Å². The van der Waals surface area contributed by atoms with Crippen molar-refractivity contribution in [2.45, 2.75) is 13.5 Å². The van der Waals surface area contributed by atoms with Gasteiger partial charge in [0.25, 0.3) is 11.8 Å². The molecule has 2 aromatic heterocycles. The smallest absolute Gasteiger partial charge is 0.291 e. The number of benzene rings is 1. The van der Waals surface area contributed by atoms with Gasteiger partial charge >= 0.3 is 0 Å². The average Bonchev–Trinajstić information content (AvgIpc) is 3.34. The molecule has 1 fully saturated rings. The second-order valence-corrected chi connectivity index (χ2v) is 7.44. The van der Waals surface area contributed by atoms with Crippen LogP contribution in [-0.2, 0) is 11.3 Å². The first-order valence-electron chi connectivity index (χ1n) is 9.82. The summed E-state index contributed by atoms with van der Waals surface area (Å²) in [6.07, 6.45) is 0. The summed E-state index contributed by atoms with van der Waals surface area (Å²) in [7, 11) is 0. The van der Waals surface area contributed by atoms with E-state index >= 15 is 0 Å². The number of furan rings is 2. The number of halogens is 2. The number of nitrogens with zero attached hydrogens (tertiary/aromatic N) is 2. The lowest BCUT2D eigenvalue weighted by molar-refractivity contribution is -0.130. The molecule has 3 amide bonds. The van der Waals surface area contributed by atoms with E-state index in [4.69, 9.17) is 14.6 Å². The van der Waals surface area contributed by atoms with Crippen LogP contribution in [0.25, 0.3) is 11.0 Å². The first-order valence-corrected chi connectivity index (χ1v) is 9.82. The molecule has 0 bridgehead atoms. The van der Waals surface area contributed by atoms with Gasteiger partial charge in [-0.3, -0.25) is 19.3 Å². The van der Waals surface area contributed by atoms with E-state index in [1.165, 1.54) is 13.0 Å². The Labute approximate surface area is 180 Å². The van der Waals surface area contributed by atoms with Crippen LogP contribution in [0.5, 0.6) is 0 Å². The summed E-state index contributed by atoms with van der Waals surface area (Å²) < 4.78 is 38.4. The number of fused-ring (bicyclic) bond motifs is 1. The van der Waals surface area contributed by atoms with Gasteiger partial charge in [-0.15, -0.1) is 0 Å². The van der Waals surface area contributed by atoms with Gasteiger partial charge in [-0.05, 0) is 18.2 Å². The van der Waals surface area contributed by atoms with Gasteiger partial charge in [-0.1, -0.05) is 0 Å². The number of carbonyl (C=O) groups is 3. The SMILES string of the molecule is CC(=O)N1CCN(Cc2ccc(C(=O)Nc3c(C(N)=O)oc4c(F)cc(F)cc34)o2)CC1. The number of rotatable bonds is 5. The Morgan fingerprint density at radius 2 is 1.81 bits per heavy atom. The third-order valence-electron chi connectivity index (χ3n) is 5.25. The lowest BCUT2D eigenvalue weighted by Gasteiger charge is -2.33. The third-order valence-corrected chi connectivity index (χ3v) is 5.25. The first-order chi connectivity index (χ1) is 15.2. The summed E-state index contributed by atoms with van der Waals surface area (Å²) in [5, 5.41) is 2.26. The molecule has 1 aromatic carbocycles. The first kappa shape index (κ1) is 21.5. The Morgan fingerprint density at radius 1 is 1.09 bits per heavy atom. The topological polar surface area (TPSA) is 122 Å². The van der Waals surface area contributed by atoms with E-state index < -0.39 is 34.8 Å². The molecule has 0 unspecified atom stereocenters. The molecular weight excluding hydrogens is 426 g/mol. The minimum Gasteiger partial charge on any atom is -0.455 e. The predicted molar refractivity (Wildman–Crippen MR) is 109 cm³/mol. The highest BCUT2D eigenvalue weighted by Crippen LogP contribution is 2.33. The number of piperazine rings is 1. The van der Waals surface area contributed by atoms with Crippen LogP contribution in [0.3, 0.4) is 0 Å². The van der Waals surface area contributed by atoms with Crippen molar-refractivity contribution in [2.75, 3.05) is 31.5 Å². The lowest BCUT2D eigenvalue weighted by atomic mass is 10.2. The largest absolute Gasteiger partial charge is 0.455 e. The maximum atomic E-state index is 14.0. The molecular formula is C21H20F2N4O5. The molecule has 0 atom stereocenters. The van der Waals surface area contributed by atoms with E-state index in [0.29, 0.717) is 44.6 Å². The highest BCUT2D eigenvalue weighted by Gasteiger charge is 2.25. The standard InChI is InChI=1S/C21H20F2N4O5/c1-11(28)27-6-4-26(5-7-27)10-13-2-3-16(31-13)21(30)25-17-14-8-12(22)9-15(23)18(14)32-19(17)20(24)29/h2-3,8-9H,4-7,10H2,1H3,(H2,24,29)(H,25,30). The monoisotopic (exact) mass is 446 g/mol. The van der Waals surface area contributed by atoms with Crippen molar-refractivity contribution in [3.8, 4) is 0 Å².